The van der Waals surface area contributed by atoms with Crippen LogP contribution < -0.4 is 0 Å². The van der Waals surface area contributed by atoms with Gasteiger partial charge in [-0.05, 0) is 12.5 Å². The van der Waals surface area contributed by atoms with Crippen LogP contribution >= 0.6 is 0 Å². The minimum atomic E-state index is -1.26. The summed E-state index contributed by atoms with van der Waals surface area (Å²) < 4.78 is 10.7. The SMILES string of the molecule is C[C@@H]1OC(OCc2ccccc2)[C@H](O)[C@H](O)[C@H]1O. The molecule has 1 aliphatic heterocycles. The molecule has 5 nitrogen and oxygen atoms in total. The van der Waals surface area contributed by atoms with Crippen molar-refractivity contribution < 1.29 is 24.8 Å². The lowest BCUT2D eigenvalue weighted by molar-refractivity contribution is -0.296. The topological polar surface area (TPSA) is 79.2 Å². The van der Waals surface area contributed by atoms with Gasteiger partial charge < -0.3 is 24.8 Å². The minimum Gasteiger partial charge on any atom is -0.388 e. The van der Waals surface area contributed by atoms with Gasteiger partial charge in [0, 0.05) is 0 Å². The van der Waals surface area contributed by atoms with E-state index >= 15 is 0 Å². The fourth-order valence-corrected chi connectivity index (χ4v) is 1.90. The average Bonchev–Trinajstić information content (AvgIpc) is 2.40. The highest BCUT2D eigenvalue weighted by molar-refractivity contribution is 5.13. The van der Waals surface area contributed by atoms with Gasteiger partial charge in [-0.2, -0.15) is 0 Å². The Balaban J connectivity index is 1.93. The maximum atomic E-state index is 9.74. The summed E-state index contributed by atoms with van der Waals surface area (Å²) in [6.45, 7) is 1.90. The van der Waals surface area contributed by atoms with Crippen LogP contribution in [0.5, 0.6) is 0 Å². The van der Waals surface area contributed by atoms with Gasteiger partial charge in [0.05, 0.1) is 12.7 Å². The number of benzene rings is 1. The molecule has 1 saturated heterocycles. The van der Waals surface area contributed by atoms with E-state index in [0.717, 1.165) is 5.56 Å². The summed E-state index contributed by atoms with van der Waals surface area (Å²) in [5.74, 6) is 0. The smallest absolute Gasteiger partial charge is 0.186 e. The molecule has 1 aliphatic rings. The molecule has 1 unspecified atom stereocenters. The third-order valence-electron chi connectivity index (χ3n) is 3.07. The lowest BCUT2D eigenvalue weighted by Crippen LogP contribution is -2.57. The second kappa shape index (κ2) is 5.77. The van der Waals surface area contributed by atoms with E-state index in [4.69, 9.17) is 9.47 Å². The van der Waals surface area contributed by atoms with Crippen molar-refractivity contribution in [3.63, 3.8) is 0 Å². The summed E-state index contributed by atoms with van der Waals surface area (Å²) in [7, 11) is 0. The molecule has 0 saturated carbocycles. The van der Waals surface area contributed by atoms with Gasteiger partial charge in [-0.25, -0.2) is 0 Å². The molecule has 5 heteroatoms. The fraction of sp³-hybridized carbons (Fsp3) is 0.538. The Morgan fingerprint density at radius 2 is 1.72 bits per heavy atom. The van der Waals surface area contributed by atoms with Crippen LogP contribution in [0.4, 0.5) is 0 Å². The number of aliphatic hydroxyl groups excluding tert-OH is 3. The molecule has 1 aromatic carbocycles. The van der Waals surface area contributed by atoms with Gasteiger partial charge in [0.2, 0.25) is 0 Å². The van der Waals surface area contributed by atoms with Gasteiger partial charge in [0.25, 0.3) is 0 Å². The third kappa shape index (κ3) is 2.88. The maximum absolute atomic E-state index is 9.74. The van der Waals surface area contributed by atoms with E-state index in [-0.39, 0.29) is 6.61 Å². The van der Waals surface area contributed by atoms with Crippen molar-refractivity contribution in [2.45, 2.75) is 44.2 Å². The third-order valence-corrected chi connectivity index (χ3v) is 3.07. The highest BCUT2D eigenvalue weighted by Gasteiger charge is 2.42. The molecule has 5 atom stereocenters. The van der Waals surface area contributed by atoms with Crippen molar-refractivity contribution in [2.75, 3.05) is 0 Å². The van der Waals surface area contributed by atoms with E-state index in [9.17, 15) is 15.3 Å². The second-order valence-corrected chi connectivity index (χ2v) is 4.48. The summed E-state index contributed by atoms with van der Waals surface area (Å²) in [4.78, 5) is 0. The molecule has 0 aromatic heterocycles. The summed E-state index contributed by atoms with van der Waals surface area (Å²) in [5, 5.41) is 28.9. The van der Waals surface area contributed by atoms with Crippen molar-refractivity contribution in [2.24, 2.45) is 0 Å². The second-order valence-electron chi connectivity index (χ2n) is 4.48. The molecule has 3 N–H and O–H groups in total. The Bertz CT molecular complexity index is 369. The van der Waals surface area contributed by atoms with Gasteiger partial charge >= 0.3 is 0 Å². The molecule has 1 fully saturated rings. The maximum Gasteiger partial charge on any atom is 0.186 e. The molecule has 1 heterocycles. The first-order chi connectivity index (χ1) is 8.59. The van der Waals surface area contributed by atoms with Crippen LogP contribution in [-0.2, 0) is 16.1 Å². The van der Waals surface area contributed by atoms with Gasteiger partial charge in [0.15, 0.2) is 6.29 Å². The normalized spacial score (nSPS) is 36.6. The van der Waals surface area contributed by atoms with E-state index in [2.05, 4.69) is 0 Å². The highest BCUT2D eigenvalue weighted by Crippen LogP contribution is 2.22. The van der Waals surface area contributed by atoms with Crippen molar-refractivity contribution in [1.29, 1.82) is 0 Å². The molecule has 0 aliphatic carbocycles. The first kappa shape index (κ1) is 13.5. The first-order valence-corrected chi connectivity index (χ1v) is 5.95. The van der Waals surface area contributed by atoms with E-state index in [1.54, 1.807) is 6.92 Å². The lowest BCUT2D eigenvalue weighted by Gasteiger charge is -2.38. The van der Waals surface area contributed by atoms with Crippen molar-refractivity contribution in [1.82, 2.24) is 0 Å². The first-order valence-electron chi connectivity index (χ1n) is 5.95. The molecule has 0 amide bonds. The Kier molecular flexibility index (Phi) is 4.31. The molecule has 0 bridgehead atoms. The van der Waals surface area contributed by atoms with Crippen LogP contribution in [0.3, 0.4) is 0 Å². The zero-order valence-electron chi connectivity index (χ0n) is 10.1. The molecule has 1 aromatic rings. The Morgan fingerprint density at radius 1 is 1.06 bits per heavy atom. The molecule has 0 radical (unpaired) electrons. The predicted octanol–water partition coefficient (Wildman–Crippen LogP) is 0.0307. The standard InChI is InChI=1S/C13H18O5/c1-8-10(14)11(15)12(16)13(18-8)17-7-9-5-3-2-4-6-9/h2-6,8,10-16H,7H2,1H3/t8-,10-,11+,12+,13?/m0/s1. The van der Waals surface area contributed by atoms with E-state index in [1.165, 1.54) is 0 Å². The van der Waals surface area contributed by atoms with E-state index < -0.39 is 30.7 Å². The zero-order chi connectivity index (χ0) is 13.1. The van der Waals surface area contributed by atoms with Crippen molar-refractivity contribution in [3.05, 3.63) is 35.9 Å². The number of rotatable bonds is 3. The molecule has 18 heavy (non-hydrogen) atoms. The summed E-state index contributed by atoms with van der Waals surface area (Å²) in [6.07, 6.45) is -5.12. The molecule has 2 rings (SSSR count). The molecular weight excluding hydrogens is 236 g/mol. The monoisotopic (exact) mass is 254 g/mol. The van der Waals surface area contributed by atoms with E-state index in [1.807, 2.05) is 30.3 Å². The summed E-state index contributed by atoms with van der Waals surface area (Å²) in [6, 6.07) is 9.46. The van der Waals surface area contributed by atoms with Crippen LogP contribution in [0.2, 0.25) is 0 Å². The summed E-state index contributed by atoms with van der Waals surface area (Å²) >= 11 is 0. The molecule has 100 valence electrons. The molecular formula is C13H18O5. The predicted molar refractivity (Wildman–Crippen MR) is 63.6 cm³/mol. The van der Waals surface area contributed by atoms with Crippen LogP contribution in [0, 0.1) is 0 Å². The Hall–Kier alpha value is -0.980. The molecule has 0 spiro atoms. The number of aliphatic hydroxyl groups is 3. The van der Waals surface area contributed by atoms with E-state index in [0.29, 0.717) is 0 Å². The van der Waals surface area contributed by atoms with Crippen LogP contribution in [0.15, 0.2) is 30.3 Å². The van der Waals surface area contributed by atoms with Gasteiger partial charge in [-0.15, -0.1) is 0 Å². The van der Waals surface area contributed by atoms with Crippen LogP contribution in [-0.4, -0.2) is 46.0 Å². The highest BCUT2D eigenvalue weighted by atomic mass is 16.7. The van der Waals surface area contributed by atoms with Gasteiger partial charge in [-0.1, -0.05) is 30.3 Å². The van der Waals surface area contributed by atoms with Gasteiger partial charge in [-0.3, -0.25) is 0 Å². The Labute approximate surface area is 106 Å². The van der Waals surface area contributed by atoms with Crippen molar-refractivity contribution >= 4 is 0 Å². The number of hydrogen-bond donors (Lipinski definition) is 3. The van der Waals surface area contributed by atoms with Gasteiger partial charge in [0.1, 0.15) is 18.3 Å². The minimum absolute atomic E-state index is 0.276. The fourth-order valence-electron chi connectivity index (χ4n) is 1.90. The van der Waals surface area contributed by atoms with Crippen molar-refractivity contribution in [3.8, 4) is 0 Å². The Morgan fingerprint density at radius 3 is 2.39 bits per heavy atom. The largest absolute Gasteiger partial charge is 0.388 e. The van der Waals surface area contributed by atoms with Crippen LogP contribution in [0.1, 0.15) is 12.5 Å². The number of ether oxygens (including phenoxy) is 2. The lowest BCUT2D eigenvalue weighted by atomic mass is 10.00. The average molecular weight is 254 g/mol. The summed E-state index contributed by atoms with van der Waals surface area (Å²) in [5.41, 5.74) is 0.946. The quantitative estimate of drug-likeness (QED) is 0.709. The zero-order valence-corrected chi connectivity index (χ0v) is 10.1. The van der Waals surface area contributed by atoms with Crippen LogP contribution in [0.25, 0.3) is 0 Å². The number of hydrogen-bond acceptors (Lipinski definition) is 5.